The van der Waals surface area contributed by atoms with E-state index in [1.807, 2.05) is 7.11 Å². The van der Waals surface area contributed by atoms with Crippen LogP contribution in [0.15, 0.2) is 0 Å². The maximum Gasteiger partial charge on any atom is 0.0462 e. The summed E-state index contributed by atoms with van der Waals surface area (Å²) in [6.07, 6.45) is 8.12. The molecule has 126 valence electrons. The summed E-state index contributed by atoms with van der Waals surface area (Å²) in [6.45, 7) is 15.1. The molecule has 0 radical (unpaired) electrons. The minimum Gasteiger partial charge on any atom is -0.385 e. The van der Waals surface area contributed by atoms with E-state index in [1.54, 1.807) is 0 Å². The Hall–Kier alpha value is -0.0800. The molecule has 1 aliphatic rings. The third-order valence-electron chi connectivity index (χ3n) is 5.38. The second-order valence-corrected chi connectivity index (χ2v) is 8.76. The van der Waals surface area contributed by atoms with Crippen LogP contribution in [0.3, 0.4) is 0 Å². The van der Waals surface area contributed by atoms with Gasteiger partial charge in [0.25, 0.3) is 0 Å². The molecule has 0 unspecified atom stereocenters. The number of rotatable bonds is 8. The van der Waals surface area contributed by atoms with Crippen LogP contribution in [0.25, 0.3) is 0 Å². The van der Waals surface area contributed by atoms with Gasteiger partial charge in [-0.3, -0.25) is 0 Å². The topological polar surface area (TPSA) is 21.3 Å². The summed E-state index contributed by atoms with van der Waals surface area (Å²) >= 11 is 0. The molecule has 0 aromatic rings. The van der Waals surface area contributed by atoms with Crippen molar-refractivity contribution >= 4 is 0 Å². The van der Waals surface area contributed by atoms with Crippen LogP contribution in [-0.4, -0.2) is 26.8 Å². The fraction of sp³-hybridized carbons (Fsp3) is 1.00. The first-order valence-electron chi connectivity index (χ1n) is 8.99. The summed E-state index contributed by atoms with van der Waals surface area (Å²) in [7, 11) is 1.82. The van der Waals surface area contributed by atoms with Crippen LogP contribution in [0, 0.1) is 22.7 Å². The highest BCUT2D eigenvalue weighted by atomic mass is 16.5. The van der Waals surface area contributed by atoms with Crippen LogP contribution in [0.2, 0.25) is 0 Å². The van der Waals surface area contributed by atoms with Crippen molar-refractivity contribution in [2.45, 2.75) is 73.1 Å². The van der Waals surface area contributed by atoms with Gasteiger partial charge in [-0.15, -0.1) is 0 Å². The van der Waals surface area contributed by atoms with Crippen molar-refractivity contribution in [3.05, 3.63) is 0 Å². The van der Waals surface area contributed by atoms with E-state index in [0.29, 0.717) is 10.8 Å². The first-order valence-corrected chi connectivity index (χ1v) is 8.99. The fourth-order valence-corrected chi connectivity index (χ4v) is 3.83. The minimum absolute atomic E-state index is 0.476. The molecule has 1 fully saturated rings. The van der Waals surface area contributed by atoms with E-state index < -0.39 is 0 Å². The first-order chi connectivity index (χ1) is 9.79. The molecule has 0 aromatic carbocycles. The Morgan fingerprint density at radius 2 is 1.81 bits per heavy atom. The van der Waals surface area contributed by atoms with E-state index in [2.05, 4.69) is 39.9 Å². The molecule has 1 rings (SSSR count). The Morgan fingerprint density at radius 3 is 2.29 bits per heavy atom. The van der Waals surface area contributed by atoms with Crippen molar-refractivity contribution in [1.82, 2.24) is 5.32 Å². The maximum atomic E-state index is 5.28. The summed E-state index contributed by atoms with van der Waals surface area (Å²) in [5.41, 5.74) is 0.999. The molecular formula is C19H39NO. The highest BCUT2D eigenvalue weighted by Crippen LogP contribution is 2.47. The van der Waals surface area contributed by atoms with Gasteiger partial charge in [-0.2, -0.15) is 0 Å². The summed E-state index contributed by atoms with van der Waals surface area (Å²) in [6, 6.07) is 0. The first kappa shape index (κ1) is 19.0. The van der Waals surface area contributed by atoms with E-state index in [0.717, 1.165) is 25.0 Å². The van der Waals surface area contributed by atoms with Gasteiger partial charge in [0.1, 0.15) is 0 Å². The van der Waals surface area contributed by atoms with Crippen molar-refractivity contribution in [2.75, 3.05) is 26.8 Å². The highest BCUT2D eigenvalue weighted by molar-refractivity contribution is 4.90. The maximum absolute atomic E-state index is 5.28. The lowest BCUT2D eigenvalue weighted by atomic mass is 9.62. The molecule has 1 N–H and O–H groups in total. The quantitative estimate of drug-likeness (QED) is 0.645. The lowest BCUT2D eigenvalue weighted by Crippen LogP contribution is -2.40. The van der Waals surface area contributed by atoms with Crippen LogP contribution in [0.1, 0.15) is 73.1 Å². The predicted octanol–water partition coefficient (Wildman–Crippen LogP) is 4.88. The van der Waals surface area contributed by atoms with E-state index in [9.17, 15) is 0 Å². The second-order valence-electron chi connectivity index (χ2n) is 8.76. The van der Waals surface area contributed by atoms with Gasteiger partial charge in [0.05, 0.1) is 0 Å². The van der Waals surface area contributed by atoms with Crippen LogP contribution in [-0.2, 0) is 4.74 Å². The van der Waals surface area contributed by atoms with Crippen molar-refractivity contribution in [1.29, 1.82) is 0 Å². The molecule has 0 aliphatic heterocycles. The normalized spacial score (nSPS) is 27.3. The lowest BCUT2D eigenvalue weighted by molar-refractivity contribution is 0.0697. The molecule has 1 saturated carbocycles. The number of methoxy groups -OCH3 is 1. The van der Waals surface area contributed by atoms with Crippen molar-refractivity contribution < 1.29 is 4.74 Å². The third kappa shape index (κ3) is 6.69. The Balaban J connectivity index is 2.54. The molecule has 2 nitrogen and oxygen atoms in total. The Bertz CT molecular complexity index is 272. The van der Waals surface area contributed by atoms with E-state index in [4.69, 9.17) is 4.74 Å². The summed E-state index contributed by atoms with van der Waals surface area (Å²) in [5.74, 6) is 1.64. The molecular weight excluding hydrogens is 258 g/mol. The van der Waals surface area contributed by atoms with Crippen molar-refractivity contribution in [3.63, 3.8) is 0 Å². The molecule has 0 saturated heterocycles. The average molecular weight is 298 g/mol. The Kier molecular flexibility index (Phi) is 7.70. The monoisotopic (exact) mass is 297 g/mol. The highest BCUT2D eigenvalue weighted by Gasteiger charge is 2.38. The van der Waals surface area contributed by atoms with Crippen LogP contribution >= 0.6 is 0 Å². The van der Waals surface area contributed by atoms with Gasteiger partial charge >= 0.3 is 0 Å². The zero-order valence-corrected chi connectivity index (χ0v) is 15.4. The van der Waals surface area contributed by atoms with Crippen LogP contribution < -0.4 is 5.32 Å². The summed E-state index contributed by atoms with van der Waals surface area (Å²) in [5, 5.41) is 3.74. The van der Waals surface area contributed by atoms with Gasteiger partial charge in [0.2, 0.25) is 0 Å². The molecule has 21 heavy (non-hydrogen) atoms. The van der Waals surface area contributed by atoms with Crippen molar-refractivity contribution in [2.24, 2.45) is 22.7 Å². The largest absolute Gasteiger partial charge is 0.385 e. The average Bonchev–Trinajstić information content (AvgIpc) is 2.38. The third-order valence-corrected chi connectivity index (χ3v) is 5.38. The van der Waals surface area contributed by atoms with E-state index in [-0.39, 0.29) is 0 Å². The van der Waals surface area contributed by atoms with Crippen molar-refractivity contribution in [3.8, 4) is 0 Å². The number of hydrogen-bond donors (Lipinski definition) is 1. The zero-order valence-electron chi connectivity index (χ0n) is 15.4. The number of ether oxygens (including phenoxy) is 1. The van der Waals surface area contributed by atoms with E-state index in [1.165, 1.54) is 45.1 Å². The smallest absolute Gasteiger partial charge is 0.0462 e. The molecule has 0 heterocycles. The molecule has 0 bridgehead atoms. The lowest BCUT2D eigenvalue weighted by Gasteiger charge is -2.44. The predicted molar refractivity (Wildman–Crippen MR) is 92.7 cm³/mol. The molecule has 2 heteroatoms. The summed E-state index contributed by atoms with van der Waals surface area (Å²) < 4.78 is 5.28. The van der Waals surface area contributed by atoms with Gasteiger partial charge in [-0.05, 0) is 67.7 Å². The SMILES string of the molecule is COCCCC1(CNCC(C)C)CCC(C(C)(C)C)CC1. The van der Waals surface area contributed by atoms with Gasteiger partial charge in [-0.25, -0.2) is 0 Å². The van der Waals surface area contributed by atoms with Gasteiger partial charge < -0.3 is 10.1 Å². The minimum atomic E-state index is 0.476. The molecule has 0 aromatic heterocycles. The van der Waals surface area contributed by atoms with Gasteiger partial charge in [-0.1, -0.05) is 34.6 Å². The summed E-state index contributed by atoms with van der Waals surface area (Å²) in [4.78, 5) is 0. The number of hydrogen-bond acceptors (Lipinski definition) is 2. The zero-order chi connectivity index (χ0) is 15.9. The van der Waals surface area contributed by atoms with E-state index >= 15 is 0 Å². The van der Waals surface area contributed by atoms with Crippen LogP contribution in [0.5, 0.6) is 0 Å². The molecule has 0 amide bonds. The Labute approximate surface area is 133 Å². The van der Waals surface area contributed by atoms with Gasteiger partial charge in [0, 0.05) is 20.3 Å². The fourth-order valence-electron chi connectivity index (χ4n) is 3.83. The van der Waals surface area contributed by atoms with Gasteiger partial charge in [0.15, 0.2) is 0 Å². The second kappa shape index (κ2) is 8.53. The Morgan fingerprint density at radius 1 is 1.19 bits per heavy atom. The molecule has 0 atom stereocenters. The molecule has 0 spiro atoms. The van der Waals surface area contributed by atoms with Crippen LogP contribution in [0.4, 0.5) is 0 Å². The standard InChI is InChI=1S/C19H39NO/c1-16(2)14-20-15-19(10-7-13-21-6)11-8-17(9-12-19)18(3,4)5/h16-17,20H,7-15H2,1-6H3. The molecule has 1 aliphatic carbocycles. The number of nitrogens with one attached hydrogen (secondary N) is 1.